The third kappa shape index (κ3) is 4.06. The standard InChI is InChI=1S/C21H18ClN5O3S/c1-12(28)20(29)16-9-26(11-31-15-6-4-14(22)5-7-15)19-18(16)17(30-3)8-23-21(19)27-10-24-13(2)25-27/h4-10H,11H2,1-3H3. The molecule has 0 saturated heterocycles. The van der Waals surface area contributed by atoms with Crippen molar-refractivity contribution in [3.63, 3.8) is 0 Å². The Morgan fingerprint density at radius 3 is 2.55 bits per heavy atom. The molecule has 0 atom stereocenters. The van der Waals surface area contributed by atoms with Gasteiger partial charge in [0.1, 0.15) is 17.9 Å². The molecular weight excluding hydrogens is 438 g/mol. The molecule has 0 spiro atoms. The minimum Gasteiger partial charge on any atom is -0.494 e. The number of pyridine rings is 1. The molecule has 4 aromatic rings. The zero-order valence-electron chi connectivity index (χ0n) is 17.0. The van der Waals surface area contributed by atoms with Gasteiger partial charge < -0.3 is 9.30 Å². The molecule has 0 aliphatic carbocycles. The molecule has 0 fully saturated rings. The van der Waals surface area contributed by atoms with E-state index < -0.39 is 11.6 Å². The zero-order chi connectivity index (χ0) is 22.1. The first-order chi connectivity index (χ1) is 14.9. The predicted octanol–water partition coefficient (Wildman–Crippen LogP) is 4.11. The van der Waals surface area contributed by atoms with Crippen LogP contribution in [0.3, 0.4) is 0 Å². The molecule has 0 aliphatic rings. The quantitative estimate of drug-likeness (QED) is 0.235. The molecule has 158 valence electrons. The van der Waals surface area contributed by atoms with Crippen molar-refractivity contribution in [3.05, 3.63) is 59.4 Å². The highest BCUT2D eigenvalue weighted by atomic mass is 35.5. The van der Waals surface area contributed by atoms with Crippen molar-refractivity contribution in [1.29, 1.82) is 0 Å². The summed E-state index contributed by atoms with van der Waals surface area (Å²) in [5, 5.41) is 5.53. The van der Waals surface area contributed by atoms with Crippen LogP contribution in [0, 0.1) is 6.92 Å². The summed E-state index contributed by atoms with van der Waals surface area (Å²) in [4.78, 5) is 34.3. The molecule has 10 heteroatoms. The lowest BCUT2D eigenvalue weighted by molar-refractivity contribution is -0.113. The van der Waals surface area contributed by atoms with Crippen molar-refractivity contribution in [2.24, 2.45) is 0 Å². The van der Waals surface area contributed by atoms with Gasteiger partial charge in [0.15, 0.2) is 11.6 Å². The molecule has 0 bridgehead atoms. The fraction of sp³-hybridized carbons (Fsp3) is 0.190. The summed E-state index contributed by atoms with van der Waals surface area (Å²) >= 11 is 7.52. The Bertz CT molecular complexity index is 1300. The highest BCUT2D eigenvalue weighted by molar-refractivity contribution is 7.98. The molecule has 0 radical (unpaired) electrons. The van der Waals surface area contributed by atoms with Gasteiger partial charge in [-0.1, -0.05) is 11.6 Å². The SMILES string of the molecule is COc1cnc(-n2cnc(C)n2)c2c1c(C(=O)C(C)=O)cn2CSc1ccc(Cl)cc1. The molecule has 31 heavy (non-hydrogen) atoms. The number of ketones is 2. The topological polar surface area (TPSA) is 91.9 Å². The fourth-order valence-corrected chi connectivity index (χ4v) is 4.15. The van der Waals surface area contributed by atoms with Crippen LogP contribution in [-0.2, 0) is 10.7 Å². The second-order valence-corrected chi connectivity index (χ2v) is 8.19. The summed E-state index contributed by atoms with van der Waals surface area (Å²) in [7, 11) is 1.50. The number of hydrogen-bond donors (Lipinski definition) is 0. The maximum Gasteiger partial charge on any atom is 0.230 e. The molecule has 3 heterocycles. The Balaban J connectivity index is 1.91. The van der Waals surface area contributed by atoms with E-state index >= 15 is 0 Å². The maximum atomic E-state index is 12.7. The van der Waals surface area contributed by atoms with E-state index in [1.807, 2.05) is 28.8 Å². The van der Waals surface area contributed by atoms with Gasteiger partial charge in [-0.05, 0) is 31.2 Å². The molecule has 1 aromatic carbocycles. The molecule has 0 saturated carbocycles. The summed E-state index contributed by atoms with van der Waals surface area (Å²) in [5.41, 5.74) is 0.881. The van der Waals surface area contributed by atoms with Crippen molar-refractivity contribution in [2.45, 2.75) is 24.6 Å². The number of rotatable bonds is 7. The van der Waals surface area contributed by atoms with E-state index in [4.69, 9.17) is 16.3 Å². The number of halogens is 1. The third-order valence-corrected chi connectivity index (χ3v) is 5.90. The predicted molar refractivity (Wildman–Crippen MR) is 118 cm³/mol. The number of carbonyl (C=O) groups is 2. The second kappa shape index (κ2) is 8.52. The number of thioether (sulfide) groups is 1. The maximum absolute atomic E-state index is 12.7. The average molecular weight is 456 g/mol. The summed E-state index contributed by atoms with van der Waals surface area (Å²) in [6, 6.07) is 7.47. The monoisotopic (exact) mass is 455 g/mol. The van der Waals surface area contributed by atoms with Crippen molar-refractivity contribution in [1.82, 2.24) is 24.3 Å². The van der Waals surface area contributed by atoms with Gasteiger partial charge in [-0.2, -0.15) is 5.10 Å². The zero-order valence-corrected chi connectivity index (χ0v) is 18.6. The van der Waals surface area contributed by atoms with Gasteiger partial charge in [0.25, 0.3) is 0 Å². The second-order valence-electron chi connectivity index (χ2n) is 6.74. The van der Waals surface area contributed by atoms with Gasteiger partial charge in [0.2, 0.25) is 5.78 Å². The number of Topliss-reactive ketones (excluding diaryl/α,β-unsaturated/α-hetero) is 2. The van der Waals surface area contributed by atoms with Gasteiger partial charge in [-0.25, -0.2) is 14.6 Å². The highest BCUT2D eigenvalue weighted by Gasteiger charge is 2.25. The third-order valence-electron chi connectivity index (χ3n) is 4.63. The fourth-order valence-electron chi connectivity index (χ4n) is 3.20. The lowest BCUT2D eigenvalue weighted by atomic mass is 10.1. The van der Waals surface area contributed by atoms with Gasteiger partial charge in [-0.3, -0.25) is 9.59 Å². The smallest absolute Gasteiger partial charge is 0.230 e. The Morgan fingerprint density at radius 1 is 1.19 bits per heavy atom. The van der Waals surface area contributed by atoms with Crippen LogP contribution in [0.1, 0.15) is 23.1 Å². The number of benzene rings is 1. The van der Waals surface area contributed by atoms with E-state index in [9.17, 15) is 9.59 Å². The molecule has 3 aromatic heterocycles. The largest absolute Gasteiger partial charge is 0.494 e. The average Bonchev–Trinajstić information content (AvgIpc) is 3.36. The molecule has 0 unspecified atom stereocenters. The molecule has 0 aliphatic heterocycles. The van der Waals surface area contributed by atoms with Gasteiger partial charge >= 0.3 is 0 Å². The van der Waals surface area contributed by atoms with Crippen LogP contribution in [-0.4, -0.2) is 43.0 Å². The number of nitrogens with zero attached hydrogens (tertiary/aromatic N) is 5. The van der Waals surface area contributed by atoms with Crippen LogP contribution >= 0.6 is 23.4 Å². The van der Waals surface area contributed by atoms with Crippen molar-refractivity contribution >= 4 is 45.8 Å². The number of ether oxygens (including phenoxy) is 1. The molecule has 0 N–H and O–H groups in total. The number of fused-ring (bicyclic) bond motifs is 1. The van der Waals surface area contributed by atoms with Crippen LogP contribution in [0.2, 0.25) is 5.02 Å². The van der Waals surface area contributed by atoms with E-state index in [-0.39, 0.29) is 5.56 Å². The number of hydrogen-bond acceptors (Lipinski definition) is 7. The van der Waals surface area contributed by atoms with Crippen LogP contribution in [0.5, 0.6) is 5.75 Å². The van der Waals surface area contributed by atoms with E-state index in [1.54, 1.807) is 35.9 Å². The summed E-state index contributed by atoms with van der Waals surface area (Å²) in [6.07, 6.45) is 4.73. The lowest BCUT2D eigenvalue weighted by Crippen LogP contribution is -2.09. The molecular formula is C21H18ClN5O3S. The van der Waals surface area contributed by atoms with Gasteiger partial charge in [-0.15, -0.1) is 11.8 Å². The van der Waals surface area contributed by atoms with Crippen molar-refractivity contribution in [2.75, 3.05) is 7.11 Å². The molecule has 0 amide bonds. The number of aromatic nitrogens is 5. The van der Waals surface area contributed by atoms with Crippen LogP contribution in [0.25, 0.3) is 16.7 Å². The Kier molecular flexibility index (Phi) is 5.79. The molecule has 4 rings (SSSR count). The first-order valence-corrected chi connectivity index (χ1v) is 10.6. The summed E-state index contributed by atoms with van der Waals surface area (Å²) < 4.78 is 8.89. The van der Waals surface area contributed by atoms with Crippen LogP contribution in [0.15, 0.2) is 47.9 Å². The first-order valence-electron chi connectivity index (χ1n) is 9.27. The Labute approximate surface area is 187 Å². The first kappa shape index (κ1) is 21.1. The number of methoxy groups -OCH3 is 1. The minimum atomic E-state index is -0.592. The van der Waals surface area contributed by atoms with Gasteiger partial charge in [0, 0.05) is 23.0 Å². The van der Waals surface area contributed by atoms with E-state index in [0.717, 1.165) is 4.90 Å². The van der Waals surface area contributed by atoms with Crippen molar-refractivity contribution in [3.8, 4) is 11.6 Å². The highest BCUT2D eigenvalue weighted by Crippen LogP contribution is 2.35. The number of aryl methyl sites for hydroxylation is 1. The molecule has 8 nitrogen and oxygen atoms in total. The lowest BCUT2D eigenvalue weighted by Gasteiger charge is -2.11. The van der Waals surface area contributed by atoms with Crippen LogP contribution < -0.4 is 4.74 Å². The Morgan fingerprint density at radius 2 is 1.94 bits per heavy atom. The normalized spacial score (nSPS) is 11.1. The van der Waals surface area contributed by atoms with Crippen molar-refractivity contribution < 1.29 is 14.3 Å². The summed E-state index contributed by atoms with van der Waals surface area (Å²) in [5.74, 6) is 0.774. The number of carbonyl (C=O) groups excluding carboxylic acids is 2. The van der Waals surface area contributed by atoms with E-state index in [1.165, 1.54) is 20.2 Å². The van der Waals surface area contributed by atoms with Gasteiger partial charge in [0.05, 0.1) is 35.6 Å². The van der Waals surface area contributed by atoms with E-state index in [0.29, 0.717) is 39.2 Å². The van der Waals surface area contributed by atoms with E-state index in [2.05, 4.69) is 15.1 Å². The Hall–Kier alpha value is -3.17. The summed E-state index contributed by atoms with van der Waals surface area (Å²) in [6.45, 7) is 3.03. The van der Waals surface area contributed by atoms with Crippen LogP contribution in [0.4, 0.5) is 0 Å². The minimum absolute atomic E-state index is 0.261.